The second-order valence-electron chi connectivity index (χ2n) is 11.1. The molecule has 2 fully saturated rings. The van der Waals surface area contributed by atoms with Gasteiger partial charge in [0.1, 0.15) is 30.4 Å². The highest BCUT2D eigenvalue weighted by Gasteiger charge is 2.33. The number of aliphatic imine (C=N–C) groups is 1. The molecular formula is C29H37N9O4. The summed E-state index contributed by atoms with van der Waals surface area (Å²) in [5.74, 6) is 9.50. The lowest BCUT2D eigenvalue weighted by molar-refractivity contribution is 0.146. The quantitative estimate of drug-likeness (QED) is 0.210. The van der Waals surface area contributed by atoms with Crippen LogP contribution in [0.5, 0.6) is 5.75 Å². The van der Waals surface area contributed by atoms with Crippen molar-refractivity contribution in [3.63, 3.8) is 0 Å². The second-order valence-corrected chi connectivity index (χ2v) is 11.1. The number of fused-ring (bicyclic) bond motifs is 3. The van der Waals surface area contributed by atoms with Gasteiger partial charge in [-0.2, -0.15) is 4.98 Å². The van der Waals surface area contributed by atoms with E-state index in [1.807, 2.05) is 33.5 Å². The Labute approximate surface area is 243 Å². The number of piperazine rings is 1. The van der Waals surface area contributed by atoms with Gasteiger partial charge in [0.15, 0.2) is 11.6 Å². The summed E-state index contributed by atoms with van der Waals surface area (Å²) in [5.41, 5.74) is 2.50. The Morgan fingerprint density at radius 1 is 1.05 bits per heavy atom. The van der Waals surface area contributed by atoms with Crippen LogP contribution >= 0.6 is 0 Å². The van der Waals surface area contributed by atoms with Crippen molar-refractivity contribution in [2.75, 3.05) is 69.6 Å². The van der Waals surface area contributed by atoms with Crippen LogP contribution in [-0.4, -0.2) is 89.1 Å². The van der Waals surface area contributed by atoms with E-state index in [1.54, 1.807) is 17.9 Å². The fourth-order valence-corrected chi connectivity index (χ4v) is 5.77. The maximum atomic E-state index is 13.8. The molecule has 0 bridgehead atoms. The van der Waals surface area contributed by atoms with Crippen LogP contribution < -0.4 is 26.2 Å². The van der Waals surface area contributed by atoms with Gasteiger partial charge in [0.05, 0.1) is 12.9 Å². The Morgan fingerprint density at radius 2 is 1.86 bits per heavy atom. The van der Waals surface area contributed by atoms with E-state index in [9.17, 15) is 4.79 Å². The molecule has 1 saturated carbocycles. The van der Waals surface area contributed by atoms with E-state index in [-0.39, 0.29) is 12.4 Å². The molecule has 2 N–H and O–H groups in total. The minimum absolute atomic E-state index is 0.0495. The van der Waals surface area contributed by atoms with Gasteiger partial charge < -0.3 is 18.8 Å². The molecule has 222 valence electrons. The largest absolute Gasteiger partial charge is 0.491 e. The molecule has 5 heterocycles. The van der Waals surface area contributed by atoms with Crippen LogP contribution in [0.4, 0.5) is 11.5 Å². The van der Waals surface area contributed by atoms with Crippen LogP contribution in [-0.2, 0) is 17.8 Å². The number of rotatable bonds is 11. The topological polar surface area (TPSA) is 124 Å². The molecule has 3 aromatic heterocycles. The number of methoxy groups -OCH3 is 1. The SMILES string of the molecule is COCCOc1ccc(N2CCN(CCn3c(=O)n(CC4CC4)n4c5c(nc34)N(N)CN=C5c3ccco3)CC2)cc1. The lowest BCUT2D eigenvalue weighted by Crippen LogP contribution is -2.47. The minimum atomic E-state index is -0.0495. The summed E-state index contributed by atoms with van der Waals surface area (Å²) < 4.78 is 22.0. The Bertz CT molecular complexity index is 1610. The standard InChI is InChI=1S/C29H37N9O4/c1-40-17-18-41-23-8-6-22(7-9-23)34-13-10-33(11-14-34)12-15-35-28-32-27-26(38(28)37(29(35)39)19-21-4-5-21)25(31-20-36(27)30)24-3-2-16-42-24/h2-3,6-9,16,21H,4-5,10-15,17-20,30H2,1H3. The predicted molar refractivity (Wildman–Crippen MR) is 159 cm³/mol. The van der Waals surface area contributed by atoms with Gasteiger partial charge in [-0.25, -0.2) is 19.8 Å². The molecule has 1 saturated heterocycles. The predicted octanol–water partition coefficient (Wildman–Crippen LogP) is 1.64. The highest BCUT2D eigenvalue weighted by molar-refractivity contribution is 6.14. The van der Waals surface area contributed by atoms with E-state index in [4.69, 9.17) is 24.7 Å². The van der Waals surface area contributed by atoms with E-state index < -0.39 is 0 Å². The molecule has 0 amide bonds. The summed E-state index contributed by atoms with van der Waals surface area (Å²) in [6.07, 6.45) is 3.89. The van der Waals surface area contributed by atoms with Crippen molar-refractivity contribution in [1.82, 2.24) is 23.6 Å². The van der Waals surface area contributed by atoms with Gasteiger partial charge in [-0.1, -0.05) is 0 Å². The molecule has 3 aliphatic rings. The van der Waals surface area contributed by atoms with Gasteiger partial charge >= 0.3 is 5.69 Å². The lowest BCUT2D eigenvalue weighted by Gasteiger charge is -2.36. The highest BCUT2D eigenvalue weighted by atomic mass is 16.5. The molecule has 7 rings (SSSR count). The van der Waals surface area contributed by atoms with Crippen molar-refractivity contribution in [1.29, 1.82) is 0 Å². The van der Waals surface area contributed by atoms with Gasteiger partial charge in [0.25, 0.3) is 0 Å². The molecule has 0 atom stereocenters. The van der Waals surface area contributed by atoms with E-state index in [2.05, 4.69) is 26.9 Å². The number of hydrogen-bond acceptors (Lipinski definition) is 10. The number of furan rings is 1. The highest BCUT2D eigenvalue weighted by Crippen LogP contribution is 2.32. The van der Waals surface area contributed by atoms with Crippen molar-refractivity contribution >= 4 is 23.0 Å². The van der Waals surface area contributed by atoms with Gasteiger partial charge in [-0.05, 0) is 55.2 Å². The number of imidazole rings is 1. The summed E-state index contributed by atoms with van der Waals surface area (Å²) in [7, 11) is 1.67. The fraction of sp³-hybridized carbons (Fsp3) is 0.483. The van der Waals surface area contributed by atoms with Crippen molar-refractivity contribution in [2.45, 2.75) is 25.9 Å². The van der Waals surface area contributed by atoms with Crippen LogP contribution in [0, 0.1) is 5.92 Å². The third-order valence-electron chi connectivity index (χ3n) is 8.28. The number of nitrogens with two attached hydrogens (primary N) is 1. The second kappa shape index (κ2) is 11.3. The van der Waals surface area contributed by atoms with Crippen LogP contribution in [0.2, 0.25) is 0 Å². The molecule has 0 spiro atoms. The molecule has 13 heteroatoms. The molecule has 1 aromatic carbocycles. The van der Waals surface area contributed by atoms with Gasteiger partial charge in [-0.15, -0.1) is 0 Å². The van der Waals surface area contributed by atoms with Crippen LogP contribution in [0.1, 0.15) is 24.3 Å². The summed E-state index contributed by atoms with van der Waals surface area (Å²) in [5, 5.41) is 1.53. The normalized spacial score (nSPS) is 17.6. The van der Waals surface area contributed by atoms with Crippen LogP contribution in [0.15, 0.2) is 56.9 Å². The first kappa shape index (κ1) is 26.8. The molecule has 13 nitrogen and oxygen atoms in total. The van der Waals surface area contributed by atoms with Gasteiger partial charge in [0, 0.05) is 58.6 Å². The zero-order valence-electron chi connectivity index (χ0n) is 23.9. The molecule has 0 radical (unpaired) electrons. The van der Waals surface area contributed by atoms with Crippen molar-refractivity contribution in [3.05, 3.63) is 64.6 Å². The third kappa shape index (κ3) is 5.08. The van der Waals surface area contributed by atoms with Gasteiger partial charge in [-0.3, -0.25) is 19.5 Å². The Morgan fingerprint density at radius 3 is 2.57 bits per heavy atom. The third-order valence-corrected chi connectivity index (χ3v) is 8.28. The molecule has 2 aliphatic heterocycles. The zero-order chi connectivity index (χ0) is 28.6. The van der Waals surface area contributed by atoms with E-state index in [1.165, 1.54) is 10.7 Å². The first-order chi connectivity index (χ1) is 20.6. The van der Waals surface area contributed by atoms with Crippen molar-refractivity contribution < 1.29 is 13.9 Å². The maximum Gasteiger partial charge on any atom is 0.346 e. The average molecular weight is 576 g/mol. The zero-order valence-corrected chi connectivity index (χ0v) is 23.9. The number of anilines is 2. The smallest absolute Gasteiger partial charge is 0.346 e. The summed E-state index contributed by atoms with van der Waals surface area (Å²) in [6, 6.07) is 11.9. The minimum Gasteiger partial charge on any atom is -0.491 e. The Hall–Kier alpha value is -4.07. The van der Waals surface area contributed by atoms with Crippen molar-refractivity contribution in [3.8, 4) is 5.75 Å². The number of ether oxygens (including phenoxy) is 2. The Balaban J connectivity index is 1.08. The Kier molecular flexibility index (Phi) is 7.22. The summed E-state index contributed by atoms with van der Waals surface area (Å²) in [6.45, 7) is 6.99. The monoisotopic (exact) mass is 575 g/mol. The number of nitrogens with zero attached hydrogens (tertiary/aromatic N) is 8. The van der Waals surface area contributed by atoms with E-state index in [0.29, 0.717) is 61.0 Å². The lowest BCUT2D eigenvalue weighted by atomic mass is 10.2. The molecular weight excluding hydrogens is 538 g/mol. The first-order valence-electron chi connectivity index (χ1n) is 14.6. The number of hydrazine groups is 1. The van der Waals surface area contributed by atoms with Crippen molar-refractivity contribution in [2.24, 2.45) is 16.8 Å². The number of aromatic nitrogens is 4. The summed E-state index contributed by atoms with van der Waals surface area (Å²) in [4.78, 5) is 28.2. The van der Waals surface area contributed by atoms with Crippen LogP contribution in [0.25, 0.3) is 5.78 Å². The molecule has 1 aliphatic carbocycles. The van der Waals surface area contributed by atoms with E-state index in [0.717, 1.165) is 51.3 Å². The average Bonchev–Trinajstić information content (AvgIpc) is 3.40. The first-order valence-corrected chi connectivity index (χ1v) is 14.6. The van der Waals surface area contributed by atoms with E-state index >= 15 is 0 Å². The maximum absolute atomic E-state index is 13.8. The molecule has 42 heavy (non-hydrogen) atoms. The number of benzene rings is 1. The number of hydrogen-bond donors (Lipinski definition) is 1. The summed E-state index contributed by atoms with van der Waals surface area (Å²) >= 11 is 0. The fourth-order valence-electron chi connectivity index (χ4n) is 5.77. The van der Waals surface area contributed by atoms with Crippen LogP contribution in [0.3, 0.4) is 0 Å². The molecule has 4 aromatic rings. The van der Waals surface area contributed by atoms with Gasteiger partial charge in [0.2, 0.25) is 5.78 Å². The molecule has 0 unspecified atom stereocenters.